The molecule has 0 aromatic rings. The SMILES string of the molecule is COCC(C)C(=O)NC(CCOC(C)(C)C)C(=O)O. The van der Waals surface area contributed by atoms with Gasteiger partial charge in [0.1, 0.15) is 6.04 Å². The summed E-state index contributed by atoms with van der Waals surface area (Å²) in [5, 5.41) is 11.6. The summed E-state index contributed by atoms with van der Waals surface area (Å²) in [6, 6.07) is -0.936. The van der Waals surface area contributed by atoms with E-state index in [1.165, 1.54) is 7.11 Å². The van der Waals surface area contributed by atoms with Crippen molar-refractivity contribution in [1.82, 2.24) is 5.32 Å². The summed E-state index contributed by atoms with van der Waals surface area (Å²) in [4.78, 5) is 22.8. The second-order valence-corrected chi connectivity index (χ2v) is 5.51. The highest BCUT2D eigenvalue weighted by Crippen LogP contribution is 2.08. The lowest BCUT2D eigenvalue weighted by atomic mass is 10.1. The number of carboxylic acids is 1. The van der Waals surface area contributed by atoms with Gasteiger partial charge in [-0.25, -0.2) is 4.79 Å². The number of carbonyl (C=O) groups excluding carboxylic acids is 1. The Hall–Kier alpha value is -1.14. The maximum atomic E-state index is 11.7. The van der Waals surface area contributed by atoms with E-state index in [1.807, 2.05) is 20.8 Å². The summed E-state index contributed by atoms with van der Waals surface area (Å²) in [5.41, 5.74) is -0.323. The van der Waals surface area contributed by atoms with Crippen molar-refractivity contribution in [2.75, 3.05) is 20.3 Å². The Balaban J connectivity index is 4.27. The van der Waals surface area contributed by atoms with Gasteiger partial charge in [-0.2, -0.15) is 0 Å². The summed E-state index contributed by atoms with van der Waals surface area (Å²) >= 11 is 0. The number of amides is 1. The number of aliphatic carboxylic acids is 1. The second-order valence-electron chi connectivity index (χ2n) is 5.51. The predicted octanol–water partition coefficient (Wildman–Crippen LogP) is 1.04. The smallest absolute Gasteiger partial charge is 0.326 e. The highest BCUT2D eigenvalue weighted by molar-refractivity contribution is 5.84. The Morgan fingerprint density at radius 3 is 2.32 bits per heavy atom. The van der Waals surface area contributed by atoms with Gasteiger partial charge >= 0.3 is 5.97 Å². The first-order valence-electron chi connectivity index (χ1n) is 6.33. The summed E-state index contributed by atoms with van der Waals surface area (Å²) in [7, 11) is 1.50. The fourth-order valence-electron chi connectivity index (χ4n) is 1.38. The second kappa shape index (κ2) is 8.12. The van der Waals surface area contributed by atoms with Crippen LogP contribution in [0.3, 0.4) is 0 Å². The largest absolute Gasteiger partial charge is 0.480 e. The molecule has 19 heavy (non-hydrogen) atoms. The number of nitrogens with one attached hydrogen (secondary N) is 1. The molecule has 2 N–H and O–H groups in total. The molecule has 2 atom stereocenters. The first-order chi connectivity index (χ1) is 8.67. The van der Waals surface area contributed by atoms with E-state index in [2.05, 4.69) is 5.32 Å². The van der Waals surface area contributed by atoms with Crippen LogP contribution in [0.25, 0.3) is 0 Å². The van der Waals surface area contributed by atoms with Crippen LogP contribution in [-0.2, 0) is 19.1 Å². The topological polar surface area (TPSA) is 84.9 Å². The number of rotatable bonds is 8. The molecule has 0 fully saturated rings. The van der Waals surface area contributed by atoms with Crippen molar-refractivity contribution in [3.05, 3.63) is 0 Å². The number of ether oxygens (including phenoxy) is 2. The zero-order chi connectivity index (χ0) is 15.1. The average Bonchev–Trinajstić information content (AvgIpc) is 2.25. The lowest BCUT2D eigenvalue weighted by Crippen LogP contribution is -2.44. The molecule has 0 saturated carbocycles. The van der Waals surface area contributed by atoms with Gasteiger partial charge in [-0.05, 0) is 20.8 Å². The van der Waals surface area contributed by atoms with Gasteiger partial charge < -0.3 is 19.9 Å². The highest BCUT2D eigenvalue weighted by atomic mass is 16.5. The predicted molar refractivity (Wildman–Crippen MR) is 70.9 cm³/mol. The highest BCUT2D eigenvalue weighted by Gasteiger charge is 2.23. The van der Waals surface area contributed by atoms with E-state index in [9.17, 15) is 9.59 Å². The Morgan fingerprint density at radius 1 is 1.32 bits per heavy atom. The number of methoxy groups -OCH3 is 1. The molecule has 2 unspecified atom stereocenters. The van der Waals surface area contributed by atoms with Crippen LogP contribution >= 0.6 is 0 Å². The molecule has 6 nitrogen and oxygen atoms in total. The minimum Gasteiger partial charge on any atom is -0.480 e. The Bertz CT molecular complexity index is 298. The van der Waals surface area contributed by atoms with Gasteiger partial charge in [0.15, 0.2) is 0 Å². The molecular weight excluding hydrogens is 250 g/mol. The minimum atomic E-state index is -1.06. The van der Waals surface area contributed by atoms with Crippen LogP contribution in [0.5, 0.6) is 0 Å². The third kappa shape index (κ3) is 8.56. The fourth-order valence-corrected chi connectivity index (χ4v) is 1.38. The monoisotopic (exact) mass is 275 g/mol. The Kier molecular flexibility index (Phi) is 7.63. The minimum absolute atomic E-state index is 0.234. The first kappa shape index (κ1) is 17.9. The molecule has 0 aliphatic rings. The van der Waals surface area contributed by atoms with Gasteiger partial charge in [-0.3, -0.25) is 4.79 Å². The first-order valence-corrected chi connectivity index (χ1v) is 6.33. The summed E-state index contributed by atoms with van der Waals surface area (Å²) in [6.45, 7) is 7.89. The molecule has 0 heterocycles. The summed E-state index contributed by atoms with van der Waals surface area (Å²) < 4.78 is 10.3. The molecule has 0 aromatic heterocycles. The van der Waals surface area contributed by atoms with Crippen molar-refractivity contribution in [3.8, 4) is 0 Å². The van der Waals surface area contributed by atoms with Gasteiger partial charge in [0, 0.05) is 20.1 Å². The normalized spacial score (nSPS) is 14.8. The van der Waals surface area contributed by atoms with Gasteiger partial charge in [0.25, 0.3) is 0 Å². The number of carboxylic acid groups (broad SMARTS) is 1. The number of hydrogen-bond acceptors (Lipinski definition) is 4. The molecule has 0 aromatic carbocycles. The van der Waals surface area contributed by atoms with Crippen molar-refractivity contribution in [3.63, 3.8) is 0 Å². The van der Waals surface area contributed by atoms with Gasteiger partial charge in [-0.15, -0.1) is 0 Å². The van der Waals surface area contributed by atoms with E-state index in [4.69, 9.17) is 14.6 Å². The van der Waals surface area contributed by atoms with Gasteiger partial charge in [-0.1, -0.05) is 6.92 Å². The number of hydrogen-bond donors (Lipinski definition) is 2. The van der Waals surface area contributed by atoms with Crippen molar-refractivity contribution in [2.24, 2.45) is 5.92 Å². The van der Waals surface area contributed by atoms with Crippen LogP contribution in [-0.4, -0.2) is 48.9 Å². The van der Waals surface area contributed by atoms with Crippen molar-refractivity contribution >= 4 is 11.9 Å². The molecule has 6 heteroatoms. The number of carbonyl (C=O) groups is 2. The van der Waals surface area contributed by atoms with Crippen LogP contribution < -0.4 is 5.32 Å². The van der Waals surface area contributed by atoms with Crippen molar-refractivity contribution < 1.29 is 24.2 Å². The Morgan fingerprint density at radius 2 is 1.89 bits per heavy atom. The zero-order valence-corrected chi connectivity index (χ0v) is 12.4. The van der Waals surface area contributed by atoms with E-state index in [0.29, 0.717) is 0 Å². The van der Waals surface area contributed by atoms with E-state index in [-0.39, 0.29) is 37.1 Å². The van der Waals surface area contributed by atoms with E-state index >= 15 is 0 Å². The van der Waals surface area contributed by atoms with Crippen LogP contribution in [0.1, 0.15) is 34.1 Å². The lowest BCUT2D eigenvalue weighted by Gasteiger charge is -2.22. The third-order valence-electron chi connectivity index (χ3n) is 2.42. The molecule has 1 amide bonds. The molecule has 0 aliphatic heterocycles. The molecule has 0 spiro atoms. The molecule has 0 bridgehead atoms. The summed E-state index contributed by atoms with van der Waals surface area (Å²) in [5.74, 6) is -1.77. The molecule has 0 saturated heterocycles. The fraction of sp³-hybridized carbons (Fsp3) is 0.846. The van der Waals surface area contributed by atoms with Crippen molar-refractivity contribution in [2.45, 2.75) is 45.8 Å². The van der Waals surface area contributed by atoms with Crippen LogP contribution in [0.15, 0.2) is 0 Å². The molecule has 0 radical (unpaired) electrons. The van der Waals surface area contributed by atoms with E-state index in [0.717, 1.165) is 0 Å². The van der Waals surface area contributed by atoms with Crippen molar-refractivity contribution in [1.29, 1.82) is 0 Å². The van der Waals surface area contributed by atoms with Crippen LogP contribution in [0, 0.1) is 5.92 Å². The quantitative estimate of drug-likeness (QED) is 0.691. The Labute approximate surface area is 114 Å². The average molecular weight is 275 g/mol. The molecular formula is C13H25NO5. The molecule has 0 aliphatic carbocycles. The molecule has 112 valence electrons. The molecule has 0 rings (SSSR count). The summed E-state index contributed by atoms with van der Waals surface area (Å²) in [6.07, 6.45) is 0.234. The van der Waals surface area contributed by atoms with Gasteiger partial charge in [0.05, 0.1) is 18.1 Å². The maximum absolute atomic E-state index is 11.7. The lowest BCUT2D eigenvalue weighted by molar-refractivity contribution is -0.143. The van der Waals surface area contributed by atoms with Gasteiger partial charge in [0.2, 0.25) is 5.91 Å². The van der Waals surface area contributed by atoms with Crippen LogP contribution in [0.2, 0.25) is 0 Å². The van der Waals surface area contributed by atoms with Crippen LogP contribution in [0.4, 0.5) is 0 Å². The zero-order valence-electron chi connectivity index (χ0n) is 12.4. The third-order valence-corrected chi connectivity index (χ3v) is 2.42. The maximum Gasteiger partial charge on any atom is 0.326 e. The standard InChI is InChI=1S/C13H25NO5/c1-9(8-18-5)11(15)14-10(12(16)17)6-7-19-13(2,3)4/h9-10H,6-8H2,1-5H3,(H,14,15)(H,16,17). The van der Waals surface area contributed by atoms with E-state index in [1.54, 1.807) is 6.92 Å². The van der Waals surface area contributed by atoms with E-state index < -0.39 is 12.0 Å².